The number of nitrogens with zero attached hydrogens (tertiary/aromatic N) is 3. The van der Waals surface area contributed by atoms with Crippen LogP contribution in [0.1, 0.15) is 18.5 Å². The summed E-state index contributed by atoms with van der Waals surface area (Å²) in [4.78, 5) is 32.1. The van der Waals surface area contributed by atoms with E-state index in [2.05, 4.69) is 10.3 Å². The van der Waals surface area contributed by atoms with Crippen LogP contribution in [0.4, 0.5) is 5.69 Å². The van der Waals surface area contributed by atoms with Gasteiger partial charge in [-0.05, 0) is 25.0 Å². The summed E-state index contributed by atoms with van der Waals surface area (Å²) in [5.41, 5.74) is 1.75. The topological polar surface area (TPSA) is 65.5 Å². The predicted molar refractivity (Wildman–Crippen MR) is 73.9 cm³/mol. The largest absolute Gasteiger partial charge is 0.388 e. The van der Waals surface area contributed by atoms with Crippen molar-refractivity contribution in [3.8, 4) is 0 Å². The van der Waals surface area contributed by atoms with Crippen LogP contribution >= 0.6 is 0 Å². The van der Waals surface area contributed by atoms with Crippen LogP contribution in [-0.2, 0) is 16.1 Å². The number of anilines is 1. The number of aromatic nitrogens is 1. The SMILES string of the molecule is CNc1ccnc(CN2CC(=O)N3CCCC3C2=O)c1. The van der Waals surface area contributed by atoms with Crippen molar-refractivity contribution in [3.05, 3.63) is 24.0 Å². The summed E-state index contributed by atoms with van der Waals surface area (Å²) >= 11 is 0. The van der Waals surface area contributed by atoms with Crippen LogP contribution in [0.15, 0.2) is 18.3 Å². The highest BCUT2D eigenvalue weighted by Gasteiger charge is 2.41. The molecule has 0 spiro atoms. The van der Waals surface area contributed by atoms with Crippen molar-refractivity contribution < 1.29 is 9.59 Å². The molecule has 2 saturated heterocycles. The molecule has 20 heavy (non-hydrogen) atoms. The molecule has 3 heterocycles. The van der Waals surface area contributed by atoms with Gasteiger partial charge in [0.2, 0.25) is 11.8 Å². The molecule has 0 saturated carbocycles. The Bertz CT molecular complexity index is 546. The molecular formula is C14H18N4O2. The summed E-state index contributed by atoms with van der Waals surface area (Å²) in [5, 5.41) is 3.04. The van der Waals surface area contributed by atoms with E-state index in [-0.39, 0.29) is 24.4 Å². The van der Waals surface area contributed by atoms with E-state index in [4.69, 9.17) is 0 Å². The van der Waals surface area contributed by atoms with Crippen molar-refractivity contribution in [1.29, 1.82) is 0 Å². The second-order valence-corrected chi connectivity index (χ2v) is 5.23. The molecule has 2 aliphatic heterocycles. The second kappa shape index (κ2) is 5.11. The van der Waals surface area contributed by atoms with Gasteiger partial charge in [0.15, 0.2) is 0 Å². The van der Waals surface area contributed by atoms with Gasteiger partial charge in [0.1, 0.15) is 12.6 Å². The van der Waals surface area contributed by atoms with Crippen LogP contribution in [0.25, 0.3) is 0 Å². The first-order valence-corrected chi connectivity index (χ1v) is 6.90. The van der Waals surface area contributed by atoms with Crippen molar-refractivity contribution in [3.63, 3.8) is 0 Å². The lowest BCUT2D eigenvalue weighted by molar-refractivity contribution is -0.154. The zero-order valence-electron chi connectivity index (χ0n) is 11.5. The minimum atomic E-state index is -0.247. The quantitative estimate of drug-likeness (QED) is 0.869. The summed E-state index contributed by atoms with van der Waals surface area (Å²) in [6.07, 6.45) is 3.41. The summed E-state index contributed by atoms with van der Waals surface area (Å²) in [7, 11) is 1.84. The van der Waals surface area contributed by atoms with E-state index in [1.807, 2.05) is 19.2 Å². The maximum absolute atomic E-state index is 12.4. The molecule has 1 aromatic rings. The first-order chi connectivity index (χ1) is 9.69. The van der Waals surface area contributed by atoms with E-state index in [0.29, 0.717) is 6.54 Å². The number of nitrogens with one attached hydrogen (secondary N) is 1. The highest BCUT2D eigenvalue weighted by atomic mass is 16.2. The van der Waals surface area contributed by atoms with E-state index in [0.717, 1.165) is 30.8 Å². The molecule has 1 unspecified atom stereocenters. The molecule has 1 N–H and O–H groups in total. The third-order valence-corrected chi connectivity index (χ3v) is 3.95. The molecule has 106 valence electrons. The Morgan fingerprint density at radius 1 is 1.45 bits per heavy atom. The van der Waals surface area contributed by atoms with Gasteiger partial charge in [0.25, 0.3) is 0 Å². The fourth-order valence-electron chi connectivity index (χ4n) is 2.91. The lowest BCUT2D eigenvalue weighted by atomic mass is 10.1. The first kappa shape index (κ1) is 12.9. The van der Waals surface area contributed by atoms with E-state index >= 15 is 0 Å². The number of hydrogen-bond acceptors (Lipinski definition) is 4. The number of piperazine rings is 1. The van der Waals surface area contributed by atoms with Gasteiger partial charge in [-0.2, -0.15) is 0 Å². The van der Waals surface area contributed by atoms with Crippen molar-refractivity contribution >= 4 is 17.5 Å². The van der Waals surface area contributed by atoms with Crippen LogP contribution in [-0.4, -0.2) is 52.8 Å². The van der Waals surface area contributed by atoms with E-state index < -0.39 is 0 Å². The van der Waals surface area contributed by atoms with Crippen molar-refractivity contribution in [2.75, 3.05) is 25.5 Å². The zero-order chi connectivity index (χ0) is 14.1. The molecule has 2 fully saturated rings. The predicted octanol–water partition coefficient (Wildman–Crippen LogP) is 0.456. The fourth-order valence-corrected chi connectivity index (χ4v) is 2.91. The Labute approximate surface area is 117 Å². The monoisotopic (exact) mass is 274 g/mol. The van der Waals surface area contributed by atoms with Crippen molar-refractivity contribution in [1.82, 2.24) is 14.8 Å². The molecular weight excluding hydrogens is 256 g/mol. The molecule has 6 heteroatoms. The third-order valence-electron chi connectivity index (χ3n) is 3.95. The highest BCUT2D eigenvalue weighted by Crippen LogP contribution is 2.24. The Kier molecular flexibility index (Phi) is 3.30. The molecule has 6 nitrogen and oxygen atoms in total. The minimum Gasteiger partial charge on any atom is -0.388 e. The van der Waals surface area contributed by atoms with Crippen LogP contribution in [0, 0.1) is 0 Å². The van der Waals surface area contributed by atoms with E-state index in [9.17, 15) is 9.59 Å². The van der Waals surface area contributed by atoms with Crippen molar-refractivity contribution in [2.45, 2.75) is 25.4 Å². The van der Waals surface area contributed by atoms with Gasteiger partial charge in [-0.1, -0.05) is 0 Å². The maximum Gasteiger partial charge on any atom is 0.246 e. The van der Waals surface area contributed by atoms with Gasteiger partial charge in [-0.3, -0.25) is 14.6 Å². The maximum atomic E-state index is 12.4. The zero-order valence-corrected chi connectivity index (χ0v) is 11.5. The van der Waals surface area contributed by atoms with Gasteiger partial charge in [-0.15, -0.1) is 0 Å². The Hall–Kier alpha value is -2.11. The van der Waals surface area contributed by atoms with Gasteiger partial charge >= 0.3 is 0 Å². The fraction of sp³-hybridized carbons (Fsp3) is 0.500. The van der Waals surface area contributed by atoms with Gasteiger partial charge < -0.3 is 15.1 Å². The van der Waals surface area contributed by atoms with Gasteiger partial charge in [0.05, 0.1) is 12.2 Å². The molecule has 0 radical (unpaired) electrons. The average molecular weight is 274 g/mol. The van der Waals surface area contributed by atoms with Gasteiger partial charge in [-0.25, -0.2) is 0 Å². The normalized spacial score (nSPS) is 22.1. The Morgan fingerprint density at radius 3 is 3.10 bits per heavy atom. The lowest BCUT2D eigenvalue weighted by Gasteiger charge is -2.36. The lowest BCUT2D eigenvalue weighted by Crippen LogP contribution is -2.56. The highest BCUT2D eigenvalue weighted by molar-refractivity contribution is 5.95. The van der Waals surface area contributed by atoms with Crippen LogP contribution in [0.3, 0.4) is 0 Å². The number of amides is 2. The number of rotatable bonds is 3. The molecule has 0 aromatic carbocycles. The van der Waals surface area contributed by atoms with Gasteiger partial charge in [0, 0.05) is 25.5 Å². The summed E-state index contributed by atoms with van der Waals surface area (Å²) in [6.45, 7) is 1.28. The molecule has 0 aliphatic carbocycles. The standard InChI is InChI=1S/C14H18N4O2/c1-15-10-4-5-16-11(7-10)8-17-9-13(19)18-6-2-3-12(18)14(17)20/h4-5,7,12H,2-3,6,8-9H2,1H3,(H,15,16). The molecule has 1 atom stereocenters. The number of carbonyl (C=O) groups excluding carboxylic acids is 2. The molecule has 2 aliphatic rings. The Morgan fingerprint density at radius 2 is 2.30 bits per heavy atom. The van der Waals surface area contributed by atoms with Crippen LogP contribution in [0.2, 0.25) is 0 Å². The summed E-state index contributed by atoms with van der Waals surface area (Å²) < 4.78 is 0. The number of carbonyl (C=O) groups is 2. The minimum absolute atomic E-state index is 0.0527. The number of fused-ring (bicyclic) bond motifs is 1. The average Bonchev–Trinajstić information content (AvgIpc) is 2.95. The smallest absolute Gasteiger partial charge is 0.246 e. The summed E-state index contributed by atoms with van der Waals surface area (Å²) in [5.74, 6) is 0.107. The summed E-state index contributed by atoms with van der Waals surface area (Å²) in [6, 6.07) is 3.52. The van der Waals surface area contributed by atoms with Crippen LogP contribution < -0.4 is 5.32 Å². The Balaban J connectivity index is 1.76. The first-order valence-electron chi connectivity index (χ1n) is 6.90. The van der Waals surface area contributed by atoms with E-state index in [1.54, 1.807) is 16.0 Å². The number of pyridine rings is 1. The molecule has 3 rings (SSSR count). The van der Waals surface area contributed by atoms with E-state index in [1.165, 1.54) is 0 Å². The van der Waals surface area contributed by atoms with Crippen molar-refractivity contribution in [2.24, 2.45) is 0 Å². The number of hydrogen-bond donors (Lipinski definition) is 1. The molecule has 1 aromatic heterocycles. The second-order valence-electron chi connectivity index (χ2n) is 5.23. The molecule has 2 amide bonds. The molecule has 0 bridgehead atoms. The van der Waals surface area contributed by atoms with Crippen LogP contribution in [0.5, 0.6) is 0 Å². The third kappa shape index (κ3) is 2.21.